The summed E-state index contributed by atoms with van der Waals surface area (Å²) < 4.78 is 1.91. The fraction of sp³-hybridized carbons (Fsp3) is 0.389. The van der Waals surface area contributed by atoms with Crippen molar-refractivity contribution in [2.45, 2.75) is 32.5 Å². The van der Waals surface area contributed by atoms with Gasteiger partial charge in [-0.2, -0.15) is 5.10 Å². The van der Waals surface area contributed by atoms with Crippen molar-refractivity contribution < 1.29 is 5.11 Å². The van der Waals surface area contributed by atoms with Gasteiger partial charge in [0.05, 0.1) is 18.3 Å². The van der Waals surface area contributed by atoms with Crippen molar-refractivity contribution in [1.82, 2.24) is 14.7 Å². The maximum absolute atomic E-state index is 10.2. The van der Waals surface area contributed by atoms with E-state index in [-0.39, 0.29) is 0 Å². The second-order valence-corrected chi connectivity index (χ2v) is 5.70. The van der Waals surface area contributed by atoms with Crippen LogP contribution < -0.4 is 0 Å². The average molecular weight is 299 g/mol. The van der Waals surface area contributed by atoms with Gasteiger partial charge >= 0.3 is 0 Å². The second-order valence-electron chi connectivity index (χ2n) is 5.70. The molecule has 0 saturated carbocycles. The average Bonchev–Trinajstić information content (AvgIpc) is 2.86. The van der Waals surface area contributed by atoms with Crippen molar-refractivity contribution in [3.05, 3.63) is 66.0 Å². The Morgan fingerprint density at radius 1 is 1.36 bits per heavy atom. The Balaban J connectivity index is 1.85. The molecular weight excluding hydrogens is 274 g/mol. The highest BCUT2D eigenvalue weighted by molar-refractivity contribution is 5.17. The molecule has 0 bridgehead atoms. The summed E-state index contributed by atoms with van der Waals surface area (Å²) in [4.78, 5) is 2.22. The third-order valence-corrected chi connectivity index (χ3v) is 3.77. The molecule has 0 aliphatic rings. The Morgan fingerprint density at radius 2 is 2.09 bits per heavy atom. The Morgan fingerprint density at radius 3 is 2.77 bits per heavy atom. The zero-order chi connectivity index (χ0) is 15.9. The number of nitrogens with zero attached hydrogens (tertiary/aromatic N) is 3. The summed E-state index contributed by atoms with van der Waals surface area (Å²) in [5, 5.41) is 14.7. The third kappa shape index (κ3) is 4.55. The van der Waals surface area contributed by atoms with Crippen LogP contribution in [0.4, 0.5) is 0 Å². The quantitative estimate of drug-likeness (QED) is 0.762. The topological polar surface area (TPSA) is 41.3 Å². The number of hydrogen-bond donors (Lipinski definition) is 1. The van der Waals surface area contributed by atoms with E-state index in [4.69, 9.17) is 0 Å². The number of hydrogen-bond acceptors (Lipinski definition) is 3. The molecule has 0 amide bonds. The van der Waals surface area contributed by atoms with E-state index >= 15 is 0 Å². The Hall–Kier alpha value is -1.91. The number of aliphatic hydroxyl groups is 1. The number of aryl methyl sites for hydroxylation is 1. The zero-order valence-corrected chi connectivity index (χ0v) is 13.4. The van der Waals surface area contributed by atoms with Gasteiger partial charge in [0.2, 0.25) is 0 Å². The minimum atomic E-state index is -0.409. The standard InChI is InChI=1S/C18H25N3O/c1-4-11-21-14-17(15(2)19-21)13-20(3)12-10-18(22)16-8-6-5-7-9-16/h4-9,14,18,22H,1,10-13H2,2-3H3/t18-/m0/s1. The largest absolute Gasteiger partial charge is 0.388 e. The molecule has 0 saturated heterocycles. The van der Waals surface area contributed by atoms with Crippen molar-refractivity contribution in [3.63, 3.8) is 0 Å². The molecule has 118 valence electrons. The lowest BCUT2D eigenvalue weighted by Crippen LogP contribution is -2.21. The molecule has 0 radical (unpaired) electrons. The van der Waals surface area contributed by atoms with Gasteiger partial charge in [-0.15, -0.1) is 6.58 Å². The maximum atomic E-state index is 10.2. The molecule has 1 atom stereocenters. The normalized spacial score (nSPS) is 12.5. The van der Waals surface area contributed by atoms with Crippen LogP contribution in [0.15, 0.2) is 49.2 Å². The minimum Gasteiger partial charge on any atom is -0.388 e. The first kappa shape index (κ1) is 16.5. The summed E-state index contributed by atoms with van der Waals surface area (Å²) >= 11 is 0. The van der Waals surface area contributed by atoms with E-state index in [1.807, 2.05) is 48.0 Å². The van der Waals surface area contributed by atoms with Gasteiger partial charge in [-0.05, 0) is 26.0 Å². The molecule has 2 aromatic rings. The van der Waals surface area contributed by atoms with Crippen LogP contribution in [0.25, 0.3) is 0 Å². The van der Waals surface area contributed by atoms with Gasteiger partial charge in [-0.25, -0.2) is 0 Å². The molecule has 0 unspecified atom stereocenters. The van der Waals surface area contributed by atoms with Crippen LogP contribution in [-0.2, 0) is 13.1 Å². The molecule has 1 N–H and O–H groups in total. The van der Waals surface area contributed by atoms with Gasteiger partial charge in [0, 0.05) is 24.8 Å². The fourth-order valence-corrected chi connectivity index (χ4v) is 2.49. The molecule has 1 aromatic heterocycles. The first-order chi connectivity index (χ1) is 10.6. The molecule has 4 heteroatoms. The summed E-state index contributed by atoms with van der Waals surface area (Å²) in [5.41, 5.74) is 3.25. The number of rotatable bonds is 8. The number of aliphatic hydroxyl groups excluding tert-OH is 1. The van der Waals surface area contributed by atoms with Crippen LogP contribution >= 0.6 is 0 Å². The fourth-order valence-electron chi connectivity index (χ4n) is 2.49. The zero-order valence-electron chi connectivity index (χ0n) is 13.4. The van der Waals surface area contributed by atoms with Crippen molar-refractivity contribution in [2.75, 3.05) is 13.6 Å². The van der Waals surface area contributed by atoms with Gasteiger partial charge in [0.1, 0.15) is 0 Å². The lowest BCUT2D eigenvalue weighted by molar-refractivity contribution is 0.147. The molecule has 0 aliphatic heterocycles. The summed E-state index contributed by atoms with van der Waals surface area (Å²) in [5.74, 6) is 0. The van der Waals surface area contributed by atoms with Crippen molar-refractivity contribution in [1.29, 1.82) is 0 Å². The second kappa shape index (κ2) is 7.92. The number of allylic oxidation sites excluding steroid dienone is 1. The first-order valence-electron chi connectivity index (χ1n) is 7.65. The van der Waals surface area contributed by atoms with Gasteiger partial charge in [0.25, 0.3) is 0 Å². The van der Waals surface area contributed by atoms with Crippen molar-refractivity contribution in [2.24, 2.45) is 0 Å². The highest BCUT2D eigenvalue weighted by Crippen LogP contribution is 2.17. The van der Waals surface area contributed by atoms with E-state index in [1.54, 1.807) is 0 Å². The van der Waals surface area contributed by atoms with Crippen molar-refractivity contribution >= 4 is 0 Å². The van der Waals surface area contributed by atoms with Crippen LogP contribution in [0.3, 0.4) is 0 Å². The number of benzene rings is 1. The molecule has 1 heterocycles. The summed E-state index contributed by atoms with van der Waals surface area (Å²) in [6.45, 7) is 8.17. The molecule has 2 rings (SSSR count). The van der Waals surface area contributed by atoms with E-state index in [1.165, 1.54) is 5.56 Å². The molecule has 0 fully saturated rings. The van der Waals surface area contributed by atoms with Crippen LogP contribution in [0.1, 0.15) is 29.3 Å². The van der Waals surface area contributed by atoms with Gasteiger partial charge in [-0.1, -0.05) is 36.4 Å². The van der Waals surface area contributed by atoms with Crippen LogP contribution in [-0.4, -0.2) is 33.4 Å². The monoisotopic (exact) mass is 299 g/mol. The highest BCUT2D eigenvalue weighted by Gasteiger charge is 2.11. The van der Waals surface area contributed by atoms with E-state index < -0.39 is 6.10 Å². The molecule has 0 aliphatic carbocycles. The van der Waals surface area contributed by atoms with Crippen LogP contribution in [0.5, 0.6) is 0 Å². The van der Waals surface area contributed by atoms with E-state index in [0.717, 1.165) is 37.3 Å². The minimum absolute atomic E-state index is 0.409. The SMILES string of the molecule is C=CCn1cc(CN(C)CC[C@H](O)c2ccccc2)c(C)n1. The van der Waals surface area contributed by atoms with Crippen LogP contribution in [0, 0.1) is 6.92 Å². The smallest absolute Gasteiger partial charge is 0.0802 e. The van der Waals surface area contributed by atoms with E-state index in [9.17, 15) is 5.11 Å². The summed E-state index contributed by atoms with van der Waals surface area (Å²) in [6, 6.07) is 9.81. The van der Waals surface area contributed by atoms with Gasteiger partial charge in [-0.3, -0.25) is 4.68 Å². The molecular formula is C18H25N3O. The molecule has 1 aromatic carbocycles. The van der Waals surface area contributed by atoms with Crippen molar-refractivity contribution in [3.8, 4) is 0 Å². The Labute approximate surface area is 132 Å². The molecule has 0 spiro atoms. The maximum Gasteiger partial charge on any atom is 0.0802 e. The van der Waals surface area contributed by atoms with Gasteiger partial charge in [0.15, 0.2) is 0 Å². The molecule has 22 heavy (non-hydrogen) atoms. The Kier molecular flexibility index (Phi) is 5.92. The van der Waals surface area contributed by atoms with E-state index in [2.05, 4.69) is 29.8 Å². The predicted molar refractivity (Wildman–Crippen MR) is 89.5 cm³/mol. The Bertz CT molecular complexity index is 592. The first-order valence-corrected chi connectivity index (χ1v) is 7.65. The number of aromatic nitrogens is 2. The van der Waals surface area contributed by atoms with Crippen LogP contribution in [0.2, 0.25) is 0 Å². The van der Waals surface area contributed by atoms with E-state index in [0.29, 0.717) is 0 Å². The summed E-state index contributed by atoms with van der Waals surface area (Å²) in [7, 11) is 2.07. The highest BCUT2D eigenvalue weighted by atomic mass is 16.3. The summed E-state index contributed by atoms with van der Waals surface area (Å²) in [6.07, 6.45) is 4.23. The third-order valence-electron chi connectivity index (χ3n) is 3.77. The lowest BCUT2D eigenvalue weighted by atomic mass is 10.1. The van der Waals surface area contributed by atoms with Gasteiger partial charge < -0.3 is 10.0 Å². The molecule has 4 nitrogen and oxygen atoms in total. The predicted octanol–water partition coefficient (Wildman–Crippen LogP) is 2.93. The lowest BCUT2D eigenvalue weighted by Gasteiger charge is -2.18.